The fourth-order valence-corrected chi connectivity index (χ4v) is 3.13. The van der Waals surface area contributed by atoms with Gasteiger partial charge in [-0.15, -0.1) is 0 Å². The highest BCUT2D eigenvalue weighted by Crippen LogP contribution is 2.38. The maximum absolute atomic E-state index is 12.6. The van der Waals surface area contributed by atoms with Gasteiger partial charge in [0, 0.05) is 18.9 Å². The largest absolute Gasteiger partial charge is 0.493 e. The topological polar surface area (TPSA) is 108 Å². The number of ether oxygens (including phenoxy) is 4. The van der Waals surface area contributed by atoms with E-state index in [0.29, 0.717) is 29.0 Å². The van der Waals surface area contributed by atoms with Gasteiger partial charge in [-0.3, -0.25) is 9.59 Å². The lowest BCUT2D eigenvalue weighted by atomic mass is 10.1. The van der Waals surface area contributed by atoms with E-state index in [1.165, 1.54) is 44.8 Å². The van der Waals surface area contributed by atoms with E-state index in [4.69, 9.17) is 18.9 Å². The molecule has 0 saturated heterocycles. The summed E-state index contributed by atoms with van der Waals surface area (Å²) in [5, 5.41) is 5.74. The first-order valence-corrected chi connectivity index (χ1v) is 9.10. The smallest absolute Gasteiger partial charge is 0.252 e. The van der Waals surface area contributed by atoms with Gasteiger partial charge in [0.2, 0.25) is 11.7 Å². The van der Waals surface area contributed by atoms with Crippen molar-refractivity contribution in [2.45, 2.75) is 19.6 Å². The fourth-order valence-electron chi connectivity index (χ4n) is 2.35. The summed E-state index contributed by atoms with van der Waals surface area (Å²) < 4.78 is 20.7. The molecule has 1 heterocycles. The third-order valence-electron chi connectivity index (χ3n) is 3.74. The number of carbonyl (C=O) groups excluding carboxylic acids is 2. The van der Waals surface area contributed by atoms with Crippen molar-refractivity contribution in [1.82, 2.24) is 10.3 Å². The molecule has 0 saturated carbocycles. The lowest BCUT2D eigenvalue weighted by molar-refractivity contribution is -0.117. The van der Waals surface area contributed by atoms with E-state index >= 15 is 0 Å². The van der Waals surface area contributed by atoms with Crippen LogP contribution in [0.15, 0.2) is 18.3 Å². The zero-order chi connectivity index (χ0) is 20.7. The van der Waals surface area contributed by atoms with Crippen LogP contribution in [0.5, 0.6) is 17.2 Å². The molecule has 1 unspecified atom stereocenters. The number of methoxy groups -OCH3 is 4. The third-order valence-corrected chi connectivity index (χ3v) is 4.62. The molecule has 2 amide bonds. The van der Waals surface area contributed by atoms with Crippen LogP contribution in [0.3, 0.4) is 0 Å². The Morgan fingerprint density at radius 3 is 2.29 bits per heavy atom. The van der Waals surface area contributed by atoms with E-state index in [1.54, 1.807) is 20.2 Å². The Bertz CT molecular complexity index is 813. The number of nitrogens with one attached hydrogen (secondary N) is 2. The minimum Gasteiger partial charge on any atom is -0.493 e. The summed E-state index contributed by atoms with van der Waals surface area (Å²) in [4.78, 5) is 29.9. The van der Waals surface area contributed by atoms with E-state index < -0.39 is 11.9 Å². The second kappa shape index (κ2) is 9.90. The quantitative estimate of drug-likeness (QED) is 0.653. The number of carbonyl (C=O) groups is 2. The van der Waals surface area contributed by atoms with Crippen molar-refractivity contribution >= 4 is 28.3 Å². The van der Waals surface area contributed by atoms with Crippen molar-refractivity contribution in [3.8, 4) is 17.2 Å². The zero-order valence-electron chi connectivity index (χ0n) is 16.3. The molecule has 152 valence electrons. The van der Waals surface area contributed by atoms with E-state index in [1.807, 2.05) is 0 Å². The Morgan fingerprint density at radius 1 is 1.11 bits per heavy atom. The van der Waals surface area contributed by atoms with Crippen molar-refractivity contribution in [2.24, 2.45) is 0 Å². The molecule has 1 aromatic carbocycles. The van der Waals surface area contributed by atoms with Crippen LogP contribution in [0.25, 0.3) is 0 Å². The van der Waals surface area contributed by atoms with Crippen molar-refractivity contribution in [3.05, 3.63) is 28.8 Å². The predicted molar refractivity (Wildman–Crippen MR) is 104 cm³/mol. The second-order valence-electron chi connectivity index (χ2n) is 5.66. The second-order valence-corrected chi connectivity index (χ2v) is 6.78. The first-order valence-electron chi connectivity index (χ1n) is 8.28. The predicted octanol–water partition coefficient (Wildman–Crippen LogP) is 2.07. The Kier molecular flexibility index (Phi) is 7.59. The number of aromatic nitrogens is 1. The van der Waals surface area contributed by atoms with Crippen LogP contribution < -0.4 is 24.8 Å². The van der Waals surface area contributed by atoms with E-state index in [2.05, 4.69) is 15.6 Å². The number of rotatable bonds is 9. The van der Waals surface area contributed by atoms with Gasteiger partial charge in [-0.2, -0.15) is 0 Å². The standard InChI is InChI=1S/C18H23N3O6S/c1-10(16(22)21-18-19-8-12(28-18)9-24-2)20-17(23)11-6-13(25-3)15(27-5)14(7-11)26-4/h6-8,10H,9H2,1-5H3,(H,20,23)(H,19,21,22). The molecular formula is C18H23N3O6S. The van der Waals surface area contributed by atoms with E-state index in [9.17, 15) is 9.59 Å². The number of nitrogens with zero attached hydrogens (tertiary/aromatic N) is 1. The third kappa shape index (κ3) is 5.11. The summed E-state index contributed by atoms with van der Waals surface area (Å²) in [5.41, 5.74) is 0.269. The van der Waals surface area contributed by atoms with E-state index in [0.717, 1.165) is 4.88 Å². The monoisotopic (exact) mass is 409 g/mol. The molecule has 2 rings (SSSR count). The highest BCUT2D eigenvalue weighted by molar-refractivity contribution is 7.15. The molecule has 2 N–H and O–H groups in total. The minimum absolute atomic E-state index is 0.269. The Balaban J connectivity index is 2.07. The summed E-state index contributed by atoms with van der Waals surface area (Å²) in [5.74, 6) is 0.221. The normalized spacial score (nSPS) is 11.5. The van der Waals surface area contributed by atoms with Crippen LogP contribution in [-0.4, -0.2) is 51.3 Å². The zero-order valence-corrected chi connectivity index (χ0v) is 17.1. The molecule has 9 nitrogen and oxygen atoms in total. The summed E-state index contributed by atoms with van der Waals surface area (Å²) >= 11 is 1.30. The Hall–Kier alpha value is -2.85. The summed E-state index contributed by atoms with van der Waals surface area (Å²) in [6.45, 7) is 2.00. The molecule has 1 aromatic heterocycles. The van der Waals surface area contributed by atoms with Crippen molar-refractivity contribution in [2.75, 3.05) is 33.8 Å². The van der Waals surface area contributed by atoms with Gasteiger partial charge in [0.1, 0.15) is 6.04 Å². The molecule has 1 atom stereocenters. The summed E-state index contributed by atoms with van der Waals surface area (Å²) in [6.07, 6.45) is 1.63. The van der Waals surface area contributed by atoms with Crippen molar-refractivity contribution < 1.29 is 28.5 Å². The van der Waals surface area contributed by atoms with Gasteiger partial charge in [0.15, 0.2) is 16.6 Å². The van der Waals surface area contributed by atoms with Crippen LogP contribution in [0, 0.1) is 0 Å². The van der Waals surface area contributed by atoms with Crippen LogP contribution >= 0.6 is 11.3 Å². The molecule has 0 spiro atoms. The maximum atomic E-state index is 12.6. The van der Waals surface area contributed by atoms with Crippen molar-refractivity contribution in [1.29, 1.82) is 0 Å². The Morgan fingerprint density at radius 2 is 1.75 bits per heavy atom. The minimum atomic E-state index is -0.790. The molecule has 2 aromatic rings. The van der Waals surface area contributed by atoms with Crippen molar-refractivity contribution in [3.63, 3.8) is 0 Å². The highest BCUT2D eigenvalue weighted by atomic mass is 32.1. The Labute approximate surface area is 167 Å². The first kappa shape index (κ1) is 21.5. The van der Waals surface area contributed by atoms with Gasteiger partial charge in [-0.05, 0) is 19.1 Å². The summed E-state index contributed by atoms with van der Waals surface area (Å²) in [7, 11) is 5.98. The average Bonchev–Trinajstić information content (AvgIpc) is 3.13. The molecule has 0 bridgehead atoms. The molecule has 0 aliphatic carbocycles. The van der Waals surface area contributed by atoms with Crippen LogP contribution in [0.2, 0.25) is 0 Å². The van der Waals surface area contributed by atoms with Gasteiger partial charge >= 0.3 is 0 Å². The number of thiazole rings is 1. The van der Waals surface area contributed by atoms with Gasteiger partial charge in [-0.25, -0.2) is 4.98 Å². The SMILES string of the molecule is COCc1cnc(NC(=O)C(C)NC(=O)c2cc(OC)c(OC)c(OC)c2)s1. The van der Waals surface area contributed by atoms with E-state index in [-0.39, 0.29) is 11.5 Å². The van der Waals surface area contributed by atoms with Gasteiger partial charge < -0.3 is 29.6 Å². The van der Waals surface area contributed by atoms with Crippen LogP contribution in [-0.2, 0) is 16.1 Å². The number of anilines is 1. The summed E-state index contributed by atoms with van der Waals surface area (Å²) in [6, 6.07) is 2.24. The lowest BCUT2D eigenvalue weighted by Crippen LogP contribution is -2.41. The molecule has 0 aliphatic rings. The molecular weight excluding hydrogens is 386 g/mol. The molecule has 0 fully saturated rings. The number of benzene rings is 1. The van der Waals surface area contributed by atoms with Gasteiger partial charge in [0.05, 0.1) is 32.8 Å². The van der Waals surface area contributed by atoms with Crippen LogP contribution in [0.1, 0.15) is 22.2 Å². The van der Waals surface area contributed by atoms with Gasteiger partial charge in [0.25, 0.3) is 5.91 Å². The lowest BCUT2D eigenvalue weighted by Gasteiger charge is -2.16. The fraction of sp³-hybridized carbons (Fsp3) is 0.389. The average molecular weight is 409 g/mol. The molecule has 28 heavy (non-hydrogen) atoms. The number of hydrogen-bond acceptors (Lipinski definition) is 8. The highest BCUT2D eigenvalue weighted by Gasteiger charge is 2.21. The molecule has 10 heteroatoms. The molecule has 0 radical (unpaired) electrons. The number of hydrogen-bond donors (Lipinski definition) is 2. The molecule has 0 aliphatic heterocycles. The number of amides is 2. The first-order chi connectivity index (χ1) is 13.4. The maximum Gasteiger partial charge on any atom is 0.252 e. The van der Waals surface area contributed by atoms with Gasteiger partial charge in [-0.1, -0.05) is 11.3 Å². The van der Waals surface area contributed by atoms with Crippen LogP contribution in [0.4, 0.5) is 5.13 Å².